The molecule has 0 aliphatic rings. The summed E-state index contributed by atoms with van der Waals surface area (Å²) in [7, 11) is 0. The molecule has 2 aromatic heterocycles. The molecule has 0 radical (unpaired) electrons. The van der Waals surface area contributed by atoms with E-state index >= 15 is 0 Å². The lowest BCUT2D eigenvalue weighted by Gasteiger charge is -2.24. The Balaban J connectivity index is 1.89. The van der Waals surface area contributed by atoms with Crippen molar-refractivity contribution < 1.29 is 22.4 Å². The molecule has 27 heavy (non-hydrogen) atoms. The van der Waals surface area contributed by atoms with Gasteiger partial charge < -0.3 is 9.32 Å². The summed E-state index contributed by atoms with van der Waals surface area (Å²) in [6.07, 6.45) is -3.27. The summed E-state index contributed by atoms with van der Waals surface area (Å²) in [5, 5.41) is 0.888. The van der Waals surface area contributed by atoms with E-state index < -0.39 is 18.6 Å². The van der Waals surface area contributed by atoms with Crippen molar-refractivity contribution in [2.75, 3.05) is 6.54 Å². The molecule has 2 heterocycles. The number of alkyl halides is 3. The predicted octanol–water partition coefficient (Wildman–Crippen LogP) is 4.58. The van der Waals surface area contributed by atoms with E-state index in [4.69, 9.17) is 4.42 Å². The second-order valence-corrected chi connectivity index (χ2v) is 6.44. The quantitative estimate of drug-likeness (QED) is 0.655. The van der Waals surface area contributed by atoms with Crippen LogP contribution >= 0.6 is 0 Å². The number of benzene rings is 1. The van der Waals surface area contributed by atoms with Crippen molar-refractivity contribution in [2.24, 2.45) is 0 Å². The average molecular weight is 376 g/mol. The molecule has 0 fully saturated rings. The Morgan fingerprint density at radius 2 is 1.89 bits per heavy atom. The van der Waals surface area contributed by atoms with Gasteiger partial charge in [-0.05, 0) is 43.2 Å². The standard InChI is InChI=1S/C20H19F3N2O2/c1-13-16-7-3-4-8-18(16)24-14(2)17(13)10-19(26)25(12-20(21,22)23)11-15-6-5-9-27-15/h3-9H,10-12H2,1-2H3. The molecular formula is C20H19F3N2O2. The highest BCUT2D eigenvalue weighted by Gasteiger charge is 2.33. The Morgan fingerprint density at radius 1 is 1.15 bits per heavy atom. The highest BCUT2D eigenvalue weighted by Crippen LogP contribution is 2.25. The molecular weight excluding hydrogens is 357 g/mol. The number of amides is 1. The molecule has 0 saturated heterocycles. The fraction of sp³-hybridized carbons (Fsp3) is 0.300. The summed E-state index contributed by atoms with van der Waals surface area (Å²) in [6.45, 7) is 2.07. The van der Waals surface area contributed by atoms with Crippen LogP contribution in [0, 0.1) is 13.8 Å². The highest BCUT2D eigenvalue weighted by atomic mass is 19.4. The van der Waals surface area contributed by atoms with Crippen LogP contribution in [0.5, 0.6) is 0 Å². The van der Waals surface area contributed by atoms with Gasteiger partial charge in [0.05, 0.1) is 24.7 Å². The molecule has 7 heteroatoms. The Bertz CT molecular complexity index is 950. The number of furan rings is 1. The van der Waals surface area contributed by atoms with Gasteiger partial charge in [-0.3, -0.25) is 9.78 Å². The molecule has 0 unspecified atom stereocenters. The summed E-state index contributed by atoms with van der Waals surface area (Å²) < 4.78 is 44.0. The van der Waals surface area contributed by atoms with E-state index in [2.05, 4.69) is 4.98 Å². The fourth-order valence-corrected chi connectivity index (χ4v) is 3.13. The maximum Gasteiger partial charge on any atom is 0.406 e. The minimum Gasteiger partial charge on any atom is -0.467 e. The largest absolute Gasteiger partial charge is 0.467 e. The number of hydrogen-bond donors (Lipinski definition) is 0. The van der Waals surface area contributed by atoms with Crippen LogP contribution in [0.25, 0.3) is 10.9 Å². The Kier molecular flexibility index (Phi) is 5.21. The predicted molar refractivity (Wildman–Crippen MR) is 95.1 cm³/mol. The lowest BCUT2D eigenvalue weighted by atomic mass is 9.99. The first-order chi connectivity index (χ1) is 12.7. The number of aromatic nitrogens is 1. The van der Waals surface area contributed by atoms with E-state index in [1.54, 1.807) is 19.1 Å². The number of aryl methyl sites for hydroxylation is 2. The van der Waals surface area contributed by atoms with Crippen LogP contribution in [0.4, 0.5) is 13.2 Å². The van der Waals surface area contributed by atoms with Crippen LogP contribution in [0.3, 0.4) is 0 Å². The van der Waals surface area contributed by atoms with Crippen LogP contribution in [0.2, 0.25) is 0 Å². The van der Waals surface area contributed by atoms with Crippen molar-refractivity contribution in [3.8, 4) is 0 Å². The molecule has 0 aliphatic heterocycles. The molecule has 1 amide bonds. The first-order valence-electron chi connectivity index (χ1n) is 8.46. The monoisotopic (exact) mass is 376 g/mol. The number of hydrogen-bond acceptors (Lipinski definition) is 3. The van der Waals surface area contributed by atoms with Crippen LogP contribution in [0.15, 0.2) is 47.1 Å². The number of carbonyl (C=O) groups is 1. The summed E-state index contributed by atoms with van der Waals surface area (Å²) in [5.74, 6) is -0.315. The zero-order valence-corrected chi connectivity index (χ0v) is 15.0. The second kappa shape index (κ2) is 7.42. The lowest BCUT2D eigenvalue weighted by Crippen LogP contribution is -2.39. The summed E-state index contributed by atoms with van der Waals surface area (Å²) in [4.78, 5) is 18.0. The minimum atomic E-state index is -4.49. The smallest absolute Gasteiger partial charge is 0.406 e. The number of halogens is 3. The van der Waals surface area contributed by atoms with Crippen molar-refractivity contribution in [1.29, 1.82) is 0 Å². The van der Waals surface area contributed by atoms with E-state index in [1.807, 2.05) is 31.2 Å². The van der Waals surface area contributed by atoms with Crippen LogP contribution in [-0.4, -0.2) is 28.5 Å². The third-order valence-corrected chi connectivity index (χ3v) is 4.46. The third-order valence-electron chi connectivity index (χ3n) is 4.46. The maximum absolute atomic E-state index is 13.0. The zero-order valence-electron chi connectivity index (χ0n) is 15.0. The lowest BCUT2D eigenvalue weighted by molar-refractivity contribution is -0.162. The summed E-state index contributed by atoms with van der Waals surface area (Å²) in [6, 6.07) is 10.6. The Morgan fingerprint density at radius 3 is 2.56 bits per heavy atom. The van der Waals surface area contributed by atoms with Crippen molar-refractivity contribution in [2.45, 2.75) is 33.0 Å². The number of rotatable bonds is 5. The van der Waals surface area contributed by atoms with E-state index in [-0.39, 0.29) is 13.0 Å². The van der Waals surface area contributed by atoms with E-state index in [9.17, 15) is 18.0 Å². The first-order valence-corrected chi connectivity index (χ1v) is 8.46. The molecule has 3 rings (SSSR count). The number of para-hydroxylation sites is 1. The normalized spacial score (nSPS) is 11.7. The third kappa shape index (κ3) is 4.48. The van der Waals surface area contributed by atoms with Crippen molar-refractivity contribution in [3.05, 3.63) is 65.2 Å². The molecule has 0 spiro atoms. The van der Waals surface area contributed by atoms with Gasteiger partial charge >= 0.3 is 6.18 Å². The van der Waals surface area contributed by atoms with E-state index in [0.717, 1.165) is 21.4 Å². The fourth-order valence-electron chi connectivity index (χ4n) is 3.13. The van der Waals surface area contributed by atoms with E-state index in [1.165, 1.54) is 6.26 Å². The number of nitrogens with zero attached hydrogens (tertiary/aromatic N) is 2. The van der Waals surface area contributed by atoms with Crippen LogP contribution in [-0.2, 0) is 17.8 Å². The Labute approximate surface area is 154 Å². The molecule has 3 aromatic rings. The molecule has 4 nitrogen and oxygen atoms in total. The van der Waals surface area contributed by atoms with Crippen LogP contribution < -0.4 is 0 Å². The molecule has 142 valence electrons. The van der Waals surface area contributed by atoms with Crippen molar-refractivity contribution >= 4 is 16.8 Å². The summed E-state index contributed by atoms with van der Waals surface area (Å²) in [5.41, 5.74) is 2.96. The zero-order chi connectivity index (χ0) is 19.6. The topological polar surface area (TPSA) is 46.3 Å². The molecule has 0 N–H and O–H groups in total. The number of carbonyl (C=O) groups excluding carboxylic acids is 1. The maximum atomic E-state index is 13.0. The van der Waals surface area contributed by atoms with Crippen molar-refractivity contribution in [3.63, 3.8) is 0 Å². The SMILES string of the molecule is Cc1nc2ccccc2c(C)c1CC(=O)N(Cc1ccco1)CC(F)(F)F. The number of pyridine rings is 1. The molecule has 0 bridgehead atoms. The van der Waals surface area contributed by atoms with Gasteiger partial charge in [-0.2, -0.15) is 13.2 Å². The van der Waals surface area contributed by atoms with Gasteiger partial charge in [-0.15, -0.1) is 0 Å². The van der Waals surface area contributed by atoms with Gasteiger partial charge in [0.15, 0.2) is 0 Å². The van der Waals surface area contributed by atoms with Gasteiger partial charge in [0.2, 0.25) is 5.91 Å². The van der Waals surface area contributed by atoms with Gasteiger partial charge in [0.1, 0.15) is 12.3 Å². The van der Waals surface area contributed by atoms with Gasteiger partial charge in [-0.25, -0.2) is 0 Å². The molecule has 0 atom stereocenters. The van der Waals surface area contributed by atoms with Crippen LogP contribution in [0.1, 0.15) is 22.6 Å². The second-order valence-electron chi connectivity index (χ2n) is 6.44. The average Bonchev–Trinajstić information content (AvgIpc) is 3.10. The summed E-state index contributed by atoms with van der Waals surface area (Å²) >= 11 is 0. The first kappa shape index (κ1) is 18.9. The van der Waals surface area contributed by atoms with Gasteiger partial charge in [0, 0.05) is 11.1 Å². The molecule has 1 aromatic carbocycles. The Hall–Kier alpha value is -2.83. The van der Waals surface area contributed by atoms with Gasteiger partial charge in [-0.1, -0.05) is 18.2 Å². The minimum absolute atomic E-state index is 0.147. The number of fused-ring (bicyclic) bond motifs is 1. The van der Waals surface area contributed by atoms with E-state index in [0.29, 0.717) is 17.0 Å². The molecule has 0 saturated carbocycles. The van der Waals surface area contributed by atoms with Crippen molar-refractivity contribution in [1.82, 2.24) is 9.88 Å². The van der Waals surface area contributed by atoms with Gasteiger partial charge in [0.25, 0.3) is 0 Å². The highest BCUT2D eigenvalue weighted by molar-refractivity contribution is 5.86. The molecule has 0 aliphatic carbocycles.